The molecular formula is C16H18NO5P. The minimum absolute atomic E-state index is 0.0780. The number of rotatable bonds is 6. The average Bonchev–Trinajstić information content (AvgIpc) is 2.54. The number of benzene rings is 2. The van der Waals surface area contributed by atoms with Gasteiger partial charge in [-0.1, -0.05) is 48.5 Å². The summed E-state index contributed by atoms with van der Waals surface area (Å²) >= 11 is 0. The molecule has 7 heteroatoms. The minimum atomic E-state index is -4.07. The van der Waals surface area contributed by atoms with Crippen molar-refractivity contribution in [2.24, 2.45) is 0 Å². The first-order valence-corrected chi connectivity index (χ1v) is 8.66. The van der Waals surface area contributed by atoms with Crippen LogP contribution in [0.1, 0.15) is 12.5 Å². The molecule has 0 radical (unpaired) electrons. The molecule has 2 rings (SSSR count). The van der Waals surface area contributed by atoms with Gasteiger partial charge in [0.15, 0.2) is 0 Å². The van der Waals surface area contributed by atoms with Gasteiger partial charge < -0.3 is 19.5 Å². The number of amides is 1. The highest BCUT2D eigenvalue weighted by Gasteiger charge is 2.31. The summed E-state index contributed by atoms with van der Waals surface area (Å²) in [5.41, 5.74) is 0.822. The van der Waals surface area contributed by atoms with Gasteiger partial charge in [-0.15, -0.1) is 0 Å². The number of carbonyl (C=O) groups is 1. The van der Waals surface area contributed by atoms with Crippen molar-refractivity contribution in [1.29, 1.82) is 0 Å². The van der Waals surface area contributed by atoms with E-state index in [1.54, 1.807) is 30.3 Å². The highest BCUT2D eigenvalue weighted by Crippen LogP contribution is 2.46. The van der Waals surface area contributed by atoms with Crippen LogP contribution < -0.4 is 9.84 Å². The molecule has 23 heavy (non-hydrogen) atoms. The predicted molar refractivity (Wildman–Crippen MR) is 86.1 cm³/mol. The predicted octanol–water partition coefficient (Wildman–Crippen LogP) is 3.52. The molecule has 6 nitrogen and oxygen atoms in total. The molecule has 0 bridgehead atoms. The van der Waals surface area contributed by atoms with Gasteiger partial charge in [0.1, 0.15) is 18.1 Å². The van der Waals surface area contributed by atoms with Crippen LogP contribution in [0.25, 0.3) is 0 Å². The fourth-order valence-electron chi connectivity index (χ4n) is 1.73. The zero-order chi connectivity index (χ0) is 16.7. The Bertz CT molecular complexity index is 677. The smallest absolute Gasteiger partial charge is 0.408 e. The van der Waals surface area contributed by atoms with E-state index in [0.717, 1.165) is 5.56 Å². The second-order valence-electron chi connectivity index (χ2n) is 4.85. The lowest BCUT2D eigenvalue weighted by Gasteiger charge is -2.20. The van der Waals surface area contributed by atoms with Crippen LogP contribution >= 0.6 is 7.60 Å². The molecule has 0 aromatic heterocycles. The van der Waals surface area contributed by atoms with Crippen LogP contribution in [0.15, 0.2) is 60.7 Å². The van der Waals surface area contributed by atoms with Gasteiger partial charge in [-0.05, 0) is 24.6 Å². The third kappa shape index (κ3) is 5.43. The summed E-state index contributed by atoms with van der Waals surface area (Å²) in [6.45, 7) is 1.46. The van der Waals surface area contributed by atoms with Gasteiger partial charge in [0.25, 0.3) is 0 Å². The lowest BCUT2D eigenvalue weighted by molar-refractivity contribution is 0.138. The van der Waals surface area contributed by atoms with E-state index in [1.165, 1.54) is 6.92 Å². The number of ether oxygens (including phenoxy) is 1. The van der Waals surface area contributed by atoms with E-state index in [1.807, 2.05) is 30.3 Å². The zero-order valence-corrected chi connectivity index (χ0v) is 13.5. The molecule has 2 N–H and O–H groups in total. The number of hydrogen-bond acceptors (Lipinski definition) is 4. The van der Waals surface area contributed by atoms with Crippen molar-refractivity contribution >= 4 is 13.7 Å². The number of alkyl carbamates (subject to hydrolysis) is 1. The first-order chi connectivity index (χ1) is 11.0. The summed E-state index contributed by atoms with van der Waals surface area (Å²) in [6, 6.07) is 17.4. The van der Waals surface area contributed by atoms with E-state index in [9.17, 15) is 14.3 Å². The summed E-state index contributed by atoms with van der Waals surface area (Å²) in [4.78, 5) is 21.6. The van der Waals surface area contributed by atoms with Crippen molar-refractivity contribution < 1.29 is 23.5 Å². The minimum Gasteiger partial charge on any atom is -0.445 e. The van der Waals surface area contributed by atoms with Gasteiger partial charge in [0.2, 0.25) is 0 Å². The third-order valence-corrected chi connectivity index (χ3v) is 4.59. The van der Waals surface area contributed by atoms with Crippen molar-refractivity contribution in [3.05, 3.63) is 66.2 Å². The summed E-state index contributed by atoms with van der Waals surface area (Å²) in [5, 5.41) is 2.31. The second-order valence-corrected chi connectivity index (χ2v) is 6.94. The number of hydrogen-bond donors (Lipinski definition) is 2. The summed E-state index contributed by atoms with van der Waals surface area (Å²) in [5.74, 6) is -0.851. The molecule has 0 saturated heterocycles. The van der Waals surface area contributed by atoms with Crippen molar-refractivity contribution in [3.8, 4) is 5.75 Å². The highest BCUT2D eigenvalue weighted by atomic mass is 31.2. The maximum absolute atomic E-state index is 12.2. The number of para-hydroxylation sites is 1. The van der Waals surface area contributed by atoms with E-state index in [2.05, 4.69) is 5.32 Å². The SMILES string of the molecule is C[C@H](NC(=O)OCc1ccccc1)P(=O)(O)Oc1ccccc1. The van der Waals surface area contributed by atoms with Crippen LogP contribution in [0, 0.1) is 0 Å². The molecule has 0 heterocycles. The first-order valence-electron chi connectivity index (χ1n) is 7.02. The standard InChI is InChI=1S/C16H18NO5P/c1-13(23(19,20)22-15-10-6-3-7-11-15)17-16(18)21-12-14-8-4-2-5-9-14/h2-11,13H,12H2,1H3,(H,17,18)(H,19,20)/t13-/m1/s1. The molecule has 0 aliphatic rings. The molecule has 122 valence electrons. The Kier molecular flexibility index (Phi) is 5.79. The average molecular weight is 335 g/mol. The quantitative estimate of drug-likeness (QED) is 0.789. The fourth-order valence-corrected chi connectivity index (χ4v) is 2.58. The van der Waals surface area contributed by atoms with Gasteiger partial charge in [-0.25, -0.2) is 9.36 Å². The van der Waals surface area contributed by atoms with E-state index < -0.39 is 19.5 Å². The molecule has 2 aromatic carbocycles. The van der Waals surface area contributed by atoms with E-state index in [4.69, 9.17) is 9.26 Å². The zero-order valence-electron chi connectivity index (χ0n) is 12.6. The Morgan fingerprint density at radius 2 is 1.70 bits per heavy atom. The first kappa shape index (κ1) is 17.1. The molecule has 0 aliphatic carbocycles. The fraction of sp³-hybridized carbons (Fsp3) is 0.188. The van der Waals surface area contributed by atoms with Crippen LogP contribution in [0.2, 0.25) is 0 Å². The molecule has 1 amide bonds. The number of carbonyl (C=O) groups excluding carboxylic acids is 1. The molecule has 0 spiro atoms. The summed E-state index contributed by atoms with van der Waals surface area (Å²) in [7, 11) is -4.07. The Labute approximate surface area is 134 Å². The highest BCUT2D eigenvalue weighted by molar-refractivity contribution is 7.54. The van der Waals surface area contributed by atoms with Gasteiger partial charge in [-0.3, -0.25) is 0 Å². The monoisotopic (exact) mass is 335 g/mol. The van der Waals surface area contributed by atoms with Gasteiger partial charge >= 0.3 is 13.7 Å². The van der Waals surface area contributed by atoms with Crippen LogP contribution in [0.5, 0.6) is 5.75 Å². The van der Waals surface area contributed by atoms with E-state index >= 15 is 0 Å². The van der Waals surface area contributed by atoms with E-state index in [-0.39, 0.29) is 12.4 Å². The van der Waals surface area contributed by atoms with Gasteiger partial charge in [-0.2, -0.15) is 0 Å². The van der Waals surface area contributed by atoms with Gasteiger partial charge in [0, 0.05) is 0 Å². The van der Waals surface area contributed by atoms with Crippen LogP contribution in [0.3, 0.4) is 0 Å². The molecule has 0 fully saturated rings. The normalized spacial score (nSPS) is 14.3. The Morgan fingerprint density at radius 3 is 2.30 bits per heavy atom. The molecule has 0 aliphatic heterocycles. The molecule has 2 aromatic rings. The maximum Gasteiger partial charge on any atom is 0.408 e. The van der Waals surface area contributed by atoms with Crippen molar-refractivity contribution in [2.75, 3.05) is 0 Å². The van der Waals surface area contributed by atoms with E-state index in [0.29, 0.717) is 0 Å². The van der Waals surface area contributed by atoms with Crippen molar-refractivity contribution in [3.63, 3.8) is 0 Å². The maximum atomic E-state index is 12.2. The molecule has 0 saturated carbocycles. The number of nitrogens with one attached hydrogen (secondary N) is 1. The van der Waals surface area contributed by atoms with Crippen LogP contribution in [-0.2, 0) is 15.9 Å². The Hall–Kier alpha value is -2.30. The Morgan fingerprint density at radius 1 is 1.13 bits per heavy atom. The van der Waals surface area contributed by atoms with Gasteiger partial charge in [0.05, 0.1) is 0 Å². The lowest BCUT2D eigenvalue weighted by atomic mass is 10.2. The summed E-state index contributed by atoms with van der Waals surface area (Å²) < 4.78 is 22.2. The third-order valence-electron chi connectivity index (χ3n) is 3.01. The van der Waals surface area contributed by atoms with Crippen LogP contribution in [0.4, 0.5) is 4.79 Å². The molecule has 1 unspecified atom stereocenters. The second kappa shape index (κ2) is 7.81. The molecule has 2 atom stereocenters. The largest absolute Gasteiger partial charge is 0.445 e. The van der Waals surface area contributed by atoms with Crippen LogP contribution in [-0.4, -0.2) is 16.8 Å². The van der Waals surface area contributed by atoms with Crippen molar-refractivity contribution in [1.82, 2.24) is 5.32 Å². The lowest BCUT2D eigenvalue weighted by Crippen LogP contribution is -2.34. The summed E-state index contributed by atoms with van der Waals surface area (Å²) in [6.07, 6.45) is -0.785. The molecular weight excluding hydrogens is 317 g/mol. The Balaban J connectivity index is 1.86. The topological polar surface area (TPSA) is 84.9 Å². The van der Waals surface area contributed by atoms with Crippen molar-refractivity contribution in [2.45, 2.75) is 19.3 Å².